The first-order valence-electron chi connectivity index (χ1n) is 30.7. The lowest BCUT2D eigenvalue weighted by Crippen LogP contribution is -2.33. The van der Waals surface area contributed by atoms with Crippen molar-refractivity contribution < 1.29 is 43.3 Å². The van der Waals surface area contributed by atoms with Gasteiger partial charge < -0.3 is 30.9 Å². The summed E-state index contributed by atoms with van der Waals surface area (Å²) in [4.78, 5) is 70.4. The van der Waals surface area contributed by atoms with E-state index in [0.29, 0.717) is 54.9 Å². The van der Waals surface area contributed by atoms with E-state index in [9.17, 15) is 28.8 Å². The van der Waals surface area contributed by atoms with Crippen LogP contribution in [0.4, 0.5) is 9.59 Å². The van der Waals surface area contributed by atoms with Crippen molar-refractivity contribution in [1.82, 2.24) is 69.8 Å². The molecule has 0 bridgehead atoms. The van der Waals surface area contributed by atoms with E-state index in [2.05, 4.69) is 70.5 Å². The third kappa shape index (κ3) is 25.1. The summed E-state index contributed by atoms with van der Waals surface area (Å²) in [6.07, 6.45) is 11.4. The number of nitrogens with two attached hydrogens (primary N) is 1. The van der Waals surface area contributed by atoms with Crippen LogP contribution < -0.4 is 21.7 Å². The van der Waals surface area contributed by atoms with Gasteiger partial charge in [-0.2, -0.15) is 25.5 Å². The number of alkyl carbamates (subject to hydrolysis) is 2. The third-order valence-corrected chi connectivity index (χ3v) is 15.0. The van der Waals surface area contributed by atoms with Gasteiger partial charge in [-0.1, -0.05) is 24.3 Å². The zero-order valence-corrected chi connectivity index (χ0v) is 57.7. The summed E-state index contributed by atoms with van der Waals surface area (Å²) in [5.74, 6) is -0.983. The number of benzene rings is 2. The van der Waals surface area contributed by atoms with Crippen molar-refractivity contribution in [2.45, 2.75) is 187 Å². The van der Waals surface area contributed by atoms with Crippen LogP contribution in [0.2, 0.25) is 0 Å². The lowest BCUT2D eigenvalue weighted by molar-refractivity contribution is 0.0515. The van der Waals surface area contributed by atoms with Crippen LogP contribution in [0.3, 0.4) is 0 Å². The molecule has 6 amide bonds. The summed E-state index contributed by atoms with van der Waals surface area (Å²) in [6.45, 7) is 37.8. The van der Waals surface area contributed by atoms with Gasteiger partial charge in [0.25, 0.3) is 23.6 Å². The van der Waals surface area contributed by atoms with E-state index in [-0.39, 0.29) is 42.4 Å². The fourth-order valence-corrected chi connectivity index (χ4v) is 9.18. The Labute approximate surface area is 544 Å². The maximum absolute atomic E-state index is 12.2. The molecular weight excluding hydrogens is 1230 g/mol. The lowest BCUT2D eigenvalue weighted by Gasteiger charge is -2.19. The Morgan fingerprint density at radius 3 is 1.19 bits per heavy atom. The van der Waals surface area contributed by atoms with Gasteiger partial charge in [0.15, 0.2) is 0 Å². The topological polar surface area (TPSA) is 296 Å². The highest BCUT2D eigenvalue weighted by atomic mass is 79.9. The molecule has 0 saturated carbocycles. The zero-order chi connectivity index (χ0) is 67.8. The molecule has 0 radical (unpaired) electrons. The number of amides is 6. The molecule has 5 aromatic heterocycles. The number of nitrogens with zero attached hydrogens (tertiary/aromatic N) is 11. The standard InChI is InChI=1S/C16H17N3O2.C13H22BrN3O2.C13H23N3O2.C8H15N3.C8H14N2O.C8H5NO2/c1-11-10-18(17-12(11)2)8-5-9-19-15(20)13-6-3-4-7-14(13)16(19)21;1-9-10(2)16-17(11(9)14)8-6-7-15-12(18)19-13(3,4)5;1-10-9-16(15-11(10)2)8-6-7-14-12(17)18-13(3,4)5;1-7-6-11(5-3-4-9)10-8(7)2;1-7-6-10(4-3-5-11)9-8(7)2;10-7-5-3-1-2-4-6(5)8(11)9-7/h3-4,6-7,10H,5,8-9H2,1-2H3;6-8H2,1-5H3,(H,15,18);9H,6-8H2,1-5H3,(H,14,17);6H,3-5,9H2,1-2H3;6,11H,3-5H2,1-2H3;1-4H,(H,9,10,11). The van der Waals surface area contributed by atoms with Gasteiger partial charge in [-0.3, -0.25) is 52.8 Å². The van der Waals surface area contributed by atoms with Gasteiger partial charge in [0, 0.05) is 89.3 Å². The summed E-state index contributed by atoms with van der Waals surface area (Å²) in [5.41, 5.74) is 17.7. The molecule has 0 aliphatic carbocycles. The molecule has 25 heteroatoms. The molecule has 6 N–H and O–H groups in total. The minimum atomic E-state index is -0.455. The number of carbonyl (C=O) groups is 6. The number of aliphatic hydroxyl groups is 1. The number of carbonyl (C=O) groups excluding carboxylic acids is 6. The van der Waals surface area contributed by atoms with Crippen LogP contribution >= 0.6 is 15.9 Å². The van der Waals surface area contributed by atoms with Gasteiger partial charge >= 0.3 is 12.2 Å². The van der Waals surface area contributed by atoms with E-state index >= 15 is 0 Å². The largest absolute Gasteiger partial charge is 0.444 e. The minimum Gasteiger partial charge on any atom is -0.444 e. The van der Waals surface area contributed by atoms with Crippen molar-refractivity contribution in [2.24, 2.45) is 5.73 Å². The number of ether oxygens (including phenoxy) is 2. The molecule has 9 rings (SSSR count). The van der Waals surface area contributed by atoms with Gasteiger partial charge in [-0.15, -0.1) is 0 Å². The van der Waals surface area contributed by atoms with Crippen LogP contribution in [0.15, 0.2) is 77.9 Å². The van der Waals surface area contributed by atoms with Gasteiger partial charge in [0.05, 0.1) is 50.7 Å². The van der Waals surface area contributed by atoms with Crippen LogP contribution in [-0.4, -0.2) is 139 Å². The fraction of sp³-hybridized carbons (Fsp3) is 0.500. The quantitative estimate of drug-likeness (QED) is 0.0394. The van der Waals surface area contributed by atoms with Crippen LogP contribution in [-0.2, 0) is 42.2 Å². The number of nitrogens with one attached hydrogen (secondary N) is 3. The Morgan fingerprint density at radius 1 is 0.505 bits per heavy atom. The summed E-state index contributed by atoms with van der Waals surface area (Å²) < 4.78 is 20.8. The lowest BCUT2D eigenvalue weighted by atomic mass is 10.1. The molecule has 0 atom stereocenters. The van der Waals surface area contributed by atoms with Gasteiger partial charge in [-0.25, -0.2) is 9.59 Å². The normalized spacial score (nSPS) is 12.1. The Kier molecular flexibility index (Phi) is 29.7. The SMILES string of the molecule is Cc1cn(CCCN)nc1C.Cc1cn(CCCN2C(=O)c3ccccc3C2=O)nc1C.Cc1cn(CCCNC(=O)OC(C)(C)C)nc1C.Cc1cn(CCCO)nc1C.Cc1nn(CCCNC(=O)OC(C)(C)C)c(Br)c1C.O=C1NC(=O)c2ccccc21. The molecule has 0 unspecified atom stereocenters. The molecule has 496 valence electrons. The molecule has 7 heterocycles. The second-order valence-corrected chi connectivity index (χ2v) is 24.9. The van der Waals surface area contributed by atoms with E-state index in [1.807, 2.05) is 146 Å². The number of halogens is 1. The van der Waals surface area contributed by atoms with Crippen LogP contribution in [0.5, 0.6) is 0 Å². The summed E-state index contributed by atoms with van der Waals surface area (Å²) in [6, 6.07) is 13.7. The van der Waals surface area contributed by atoms with Gasteiger partial charge in [0.1, 0.15) is 15.8 Å². The van der Waals surface area contributed by atoms with Gasteiger partial charge in [-0.05, 0) is 212 Å². The molecule has 2 aliphatic rings. The van der Waals surface area contributed by atoms with Crippen molar-refractivity contribution in [3.05, 3.63) is 156 Å². The highest BCUT2D eigenvalue weighted by Gasteiger charge is 2.34. The minimum absolute atomic E-state index is 0.191. The Hall–Kier alpha value is -8.29. The Balaban J connectivity index is 0.000000238. The van der Waals surface area contributed by atoms with E-state index < -0.39 is 11.2 Å². The summed E-state index contributed by atoms with van der Waals surface area (Å²) in [5, 5.41) is 37.9. The number of aliphatic hydroxyl groups excluding tert-OH is 1. The average Bonchev–Trinajstić information content (AvgIpc) is 1.99. The Bertz CT molecular complexity index is 3330. The fourth-order valence-electron chi connectivity index (χ4n) is 8.63. The van der Waals surface area contributed by atoms with Crippen molar-refractivity contribution in [3.63, 3.8) is 0 Å². The molecule has 0 saturated heterocycles. The predicted octanol–water partition coefficient (Wildman–Crippen LogP) is 10.1. The number of rotatable bonds is 18. The van der Waals surface area contributed by atoms with Crippen molar-refractivity contribution in [3.8, 4) is 0 Å². The maximum Gasteiger partial charge on any atom is 0.407 e. The van der Waals surface area contributed by atoms with Crippen molar-refractivity contribution in [1.29, 1.82) is 0 Å². The van der Waals surface area contributed by atoms with Crippen LogP contribution in [0.1, 0.15) is 171 Å². The number of aryl methyl sites for hydroxylation is 14. The number of hydrogen-bond acceptors (Lipinski definition) is 15. The molecule has 7 aromatic rings. The van der Waals surface area contributed by atoms with E-state index in [4.69, 9.17) is 20.3 Å². The summed E-state index contributed by atoms with van der Waals surface area (Å²) >= 11 is 3.51. The summed E-state index contributed by atoms with van der Waals surface area (Å²) in [7, 11) is 0. The van der Waals surface area contributed by atoms with E-state index in [1.165, 1.54) is 21.6 Å². The molecule has 24 nitrogen and oxygen atoms in total. The second-order valence-electron chi connectivity index (χ2n) is 24.1. The monoisotopic (exact) mass is 1320 g/mol. The third-order valence-electron chi connectivity index (χ3n) is 14.0. The predicted molar refractivity (Wildman–Crippen MR) is 354 cm³/mol. The van der Waals surface area contributed by atoms with Crippen molar-refractivity contribution >= 4 is 51.7 Å². The maximum atomic E-state index is 12.2. The number of imide groups is 2. The van der Waals surface area contributed by atoms with Crippen molar-refractivity contribution in [2.75, 3.05) is 32.8 Å². The van der Waals surface area contributed by atoms with Crippen LogP contribution in [0, 0.1) is 69.2 Å². The first kappa shape index (κ1) is 75.2. The Morgan fingerprint density at radius 2 is 0.857 bits per heavy atom. The molecule has 0 fully saturated rings. The average molecular weight is 1320 g/mol. The number of aromatic nitrogens is 10. The zero-order valence-electron chi connectivity index (χ0n) is 56.1. The highest BCUT2D eigenvalue weighted by molar-refractivity contribution is 9.10. The molecule has 91 heavy (non-hydrogen) atoms. The van der Waals surface area contributed by atoms with E-state index in [1.54, 1.807) is 48.5 Å². The first-order chi connectivity index (χ1) is 42.8. The molecular formula is C66H96BrN15O9. The van der Waals surface area contributed by atoms with Gasteiger partial charge in [0.2, 0.25) is 0 Å². The van der Waals surface area contributed by atoms with Crippen LogP contribution in [0.25, 0.3) is 0 Å². The molecule has 2 aromatic carbocycles. The second kappa shape index (κ2) is 35.9. The smallest absolute Gasteiger partial charge is 0.407 e. The first-order valence-corrected chi connectivity index (χ1v) is 31.5. The van der Waals surface area contributed by atoms with E-state index in [0.717, 1.165) is 103 Å². The number of fused-ring (bicyclic) bond motifs is 2. The molecule has 0 spiro atoms. The highest BCUT2D eigenvalue weighted by Crippen LogP contribution is 2.23. The number of hydrogen-bond donors (Lipinski definition) is 5. The molecule has 2 aliphatic heterocycles.